The van der Waals surface area contributed by atoms with E-state index < -0.39 is 0 Å². The summed E-state index contributed by atoms with van der Waals surface area (Å²) >= 11 is 6.24. The van der Waals surface area contributed by atoms with Crippen LogP contribution in [0.1, 0.15) is 24.9 Å². The van der Waals surface area contributed by atoms with E-state index in [4.69, 9.17) is 22.1 Å². The average Bonchev–Trinajstić information content (AvgIpc) is 2.50. The molecule has 1 fully saturated rings. The summed E-state index contributed by atoms with van der Waals surface area (Å²) in [7, 11) is 1.63. The predicted octanol–water partition coefficient (Wildman–Crippen LogP) is 2.38. The molecule has 0 radical (unpaired) electrons. The fourth-order valence-corrected chi connectivity index (χ4v) is 3.27. The summed E-state index contributed by atoms with van der Waals surface area (Å²) in [5, 5.41) is 0.651. The topological polar surface area (TPSA) is 41.7 Å². The number of nitrogens with two attached hydrogens (primary N) is 1. The molecule has 2 rings (SSSR count). The van der Waals surface area contributed by atoms with E-state index in [9.17, 15) is 0 Å². The van der Waals surface area contributed by atoms with Crippen molar-refractivity contribution >= 4 is 11.6 Å². The summed E-state index contributed by atoms with van der Waals surface area (Å²) in [5.74, 6) is 0.712. The molecule has 0 aromatic heterocycles. The molecule has 118 valence electrons. The van der Waals surface area contributed by atoms with Gasteiger partial charge in [0.1, 0.15) is 5.75 Å². The lowest BCUT2D eigenvalue weighted by Gasteiger charge is -2.39. The van der Waals surface area contributed by atoms with Gasteiger partial charge in [-0.05, 0) is 30.7 Å². The Balaban J connectivity index is 2.05. The van der Waals surface area contributed by atoms with Crippen LogP contribution in [0.3, 0.4) is 0 Å². The fourth-order valence-electron chi connectivity index (χ4n) is 3.00. The van der Waals surface area contributed by atoms with Gasteiger partial charge in [0.05, 0.1) is 12.1 Å². The van der Waals surface area contributed by atoms with Gasteiger partial charge in [0, 0.05) is 38.8 Å². The highest BCUT2D eigenvalue weighted by Crippen LogP contribution is 2.30. The van der Waals surface area contributed by atoms with Crippen LogP contribution in [0.4, 0.5) is 0 Å². The van der Waals surface area contributed by atoms with Crippen LogP contribution in [0.15, 0.2) is 18.2 Å². The van der Waals surface area contributed by atoms with Crippen LogP contribution in [0, 0.1) is 0 Å². The zero-order valence-electron chi connectivity index (χ0n) is 13.0. The van der Waals surface area contributed by atoms with Gasteiger partial charge in [0.15, 0.2) is 0 Å². The molecule has 0 spiro atoms. The van der Waals surface area contributed by atoms with Crippen molar-refractivity contribution in [3.05, 3.63) is 28.8 Å². The molecule has 0 amide bonds. The summed E-state index contributed by atoms with van der Waals surface area (Å²) in [5.41, 5.74) is 7.19. The first-order valence-electron chi connectivity index (χ1n) is 7.69. The molecule has 1 saturated heterocycles. The highest BCUT2D eigenvalue weighted by Gasteiger charge is 2.24. The maximum Gasteiger partial charge on any atom is 0.137 e. The second-order valence-corrected chi connectivity index (χ2v) is 5.93. The molecule has 4 nitrogen and oxygen atoms in total. The van der Waals surface area contributed by atoms with Gasteiger partial charge in [-0.25, -0.2) is 0 Å². The summed E-state index contributed by atoms with van der Waals surface area (Å²) in [6, 6.07) is 6.21. The molecule has 0 saturated carbocycles. The highest BCUT2D eigenvalue weighted by atomic mass is 35.5. The van der Waals surface area contributed by atoms with Crippen LogP contribution in [-0.4, -0.2) is 56.2 Å². The van der Waals surface area contributed by atoms with E-state index in [0.717, 1.165) is 26.2 Å². The number of piperazine rings is 1. The predicted molar refractivity (Wildman–Crippen MR) is 88.1 cm³/mol. The molecule has 1 unspecified atom stereocenters. The van der Waals surface area contributed by atoms with E-state index in [1.165, 1.54) is 18.5 Å². The summed E-state index contributed by atoms with van der Waals surface area (Å²) in [6.07, 6.45) is 1.22. The maximum absolute atomic E-state index is 6.24. The quantitative estimate of drug-likeness (QED) is 0.876. The van der Waals surface area contributed by atoms with E-state index >= 15 is 0 Å². The number of halogens is 1. The standard InChI is InChI=1S/C16H26ClN3O/c1-3-6-19-7-9-20(10-8-19)15(12-18)13-4-5-16(21-2)14(17)11-13/h4-5,11,15H,3,6-10,12,18H2,1-2H3. The maximum atomic E-state index is 6.24. The summed E-state index contributed by atoms with van der Waals surface area (Å²) < 4.78 is 5.22. The van der Waals surface area contributed by atoms with Gasteiger partial charge >= 0.3 is 0 Å². The first-order chi connectivity index (χ1) is 10.2. The van der Waals surface area contributed by atoms with Gasteiger partial charge in [0.2, 0.25) is 0 Å². The number of benzene rings is 1. The molecule has 1 atom stereocenters. The Bertz CT molecular complexity index is 447. The minimum Gasteiger partial charge on any atom is -0.495 e. The third-order valence-electron chi connectivity index (χ3n) is 4.17. The molecular weight excluding hydrogens is 286 g/mol. The molecule has 0 aliphatic carbocycles. The molecule has 2 N–H and O–H groups in total. The van der Waals surface area contributed by atoms with Gasteiger partial charge < -0.3 is 15.4 Å². The number of ether oxygens (including phenoxy) is 1. The minimum absolute atomic E-state index is 0.234. The van der Waals surface area contributed by atoms with Crippen LogP contribution in [0.2, 0.25) is 5.02 Å². The largest absolute Gasteiger partial charge is 0.495 e. The molecule has 1 aromatic rings. The first-order valence-corrected chi connectivity index (χ1v) is 8.07. The van der Waals surface area contributed by atoms with E-state index in [1.54, 1.807) is 7.11 Å². The lowest BCUT2D eigenvalue weighted by atomic mass is 10.0. The first kappa shape index (κ1) is 16.6. The Morgan fingerprint density at radius 2 is 2.00 bits per heavy atom. The van der Waals surface area contributed by atoms with Crippen molar-refractivity contribution in [1.82, 2.24) is 9.80 Å². The van der Waals surface area contributed by atoms with E-state index in [0.29, 0.717) is 17.3 Å². The SMILES string of the molecule is CCCN1CCN(C(CN)c2ccc(OC)c(Cl)c2)CC1. The smallest absolute Gasteiger partial charge is 0.137 e. The van der Waals surface area contributed by atoms with Crippen molar-refractivity contribution in [2.75, 3.05) is 46.4 Å². The Morgan fingerprint density at radius 1 is 1.29 bits per heavy atom. The lowest BCUT2D eigenvalue weighted by Crippen LogP contribution is -2.49. The lowest BCUT2D eigenvalue weighted by molar-refractivity contribution is 0.0985. The molecule has 21 heavy (non-hydrogen) atoms. The zero-order valence-corrected chi connectivity index (χ0v) is 13.8. The minimum atomic E-state index is 0.234. The molecule has 1 aromatic carbocycles. The third-order valence-corrected chi connectivity index (χ3v) is 4.47. The van der Waals surface area contributed by atoms with Crippen LogP contribution in [-0.2, 0) is 0 Å². The van der Waals surface area contributed by atoms with E-state index in [2.05, 4.69) is 22.8 Å². The summed E-state index contributed by atoms with van der Waals surface area (Å²) in [6.45, 7) is 8.39. The van der Waals surface area contributed by atoms with Gasteiger partial charge in [-0.2, -0.15) is 0 Å². The highest BCUT2D eigenvalue weighted by molar-refractivity contribution is 6.32. The van der Waals surface area contributed by atoms with Crippen molar-refractivity contribution in [2.45, 2.75) is 19.4 Å². The Morgan fingerprint density at radius 3 is 2.52 bits per heavy atom. The molecule has 1 heterocycles. The third kappa shape index (κ3) is 4.10. The molecule has 1 aliphatic rings. The van der Waals surface area contributed by atoms with Crippen LogP contribution in [0.5, 0.6) is 5.75 Å². The van der Waals surface area contributed by atoms with Gasteiger partial charge in [-0.1, -0.05) is 24.6 Å². The molecule has 1 aliphatic heterocycles. The fraction of sp³-hybridized carbons (Fsp3) is 0.625. The molecular formula is C16H26ClN3O. The number of hydrogen-bond donors (Lipinski definition) is 1. The number of hydrogen-bond acceptors (Lipinski definition) is 4. The Hall–Kier alpha value is -0.810. The molecule has 5 heteroatoms. The van der Waals surface area contributed by atoms with Crippen LogP contribution in [0.25, 0.3) is 0 Å². The zero-order chi connectivity index (χ0) is 15.2. The number of rotatable bonds is 6. The second-order valence-electron chi connectivity index (χ2n) is 5.52. The summed E-state index contributed by atoms with van der Waals surface area (Å²) in [4.78, 5) is 4.98. The normalized spacial score (nSPS) is 18.7. The van der Waals surface area contributed by atoms with Gasteiger partial charge in [0.25, 0.3) is 0 Å². The Kier molecular flexibility index (Phi) is 6.30. The van der Waals surface area contributed by atoms with Crippen molar-refractivity contribution in [3.8, 4) is 5.75 Å². The van der Waals surface area contributed by atoms with E-state index in [-0.39, 0.29) is 6.04 Å². The van der Waals surface area contributed by atoms with Crippen molar-refractivity contribution in [1.29, 1.82) is 0 Å². The monoisotopic (exact) mass is 311 g/mol. The van der Waals surface area contributed by atoms with Crippen molar-refractivity contribution in [2.24, 2.45) is 5.73 Å². The number of nitrogens with zero attached hydrogens (tertiary/aromatic N) is 2. The van der Waals surface area contributed by atoms with E-state index in [1.807, 2.05) is 12.1 Å². The van der Waals surface area contributed by atoms with Crippen LogP contribution < -0.4 is 10.5 Å². The van der Waals surface area contributed by atoms with Crippen molar-refractivity contribution in [3.63, 3.8) is 0 Å². The second kappa shape index (κ2) is 7.99. The Labute approximate surface area is 132 Å². The number of methoxy groups -OCH3 is 1. The van der Waals surface area contributed by atoms with Gasteiger partial charge in [-0.3, -0.25) is 4.90 Å². The van der Waals surface area contributed by atoms with Gasteiger partial charge in [-0.15, -0.1) is 0 Å². The molecule has 0 bridgehead atoms. The average molecular weight is 312 g/mol. The van der Waals surface area contributed by atoms with Crippen molar-refractivity contribution < 1.29 is 4.74 Å². The van der Waals surface area contributed by atoms with Crippen LogP contribution >= 0.6 is 11.6 Å².